The number of piperazine rings is 1. The Balaban J connectivity index is 1.93. The summed E-state index contributed by atoms with van der Waals surface area (Å²) in [5.41, 5.74) is -0.387. The quantitative estimate of drug-likeness (QED) is 0.668. The topological polar surface area (TPSA) is 73.0 Å². The predicted molar refractivity (Wildman–Crippen MR) is 106 cm³/mol. The first-order valence-electron chi connectivity index (χ1n) is 9.50. The number of carbonyl (C=O) groups is 3. The van der Waals surface area contributed by atoms with Crippen LogP contribution in [0.5, 0.6) is 0 Å². The minimum Gasteiger partial charge on any atom is -0.364 e. The van der Waals surface area contributed by atoms with Crippen LogP contribution in [0.15, 0.2) is 18.2 Å². The highest BCUT2D eigenvalue weighted by atomic mass is 35.5. The minimum absolute atomic E-state index is 0.182. The minimum atomic E-state index is -1.39. The van der Waals surface area contributed by atoms with Gasteiger partial charge in [-0.2, -0.15) is 0 Å². The van der Waals surface area contributed by atoms with E-state index in [2.05, 4.69) is 15.1 Å². The van der Waals surface area contributed by atoms with Crippen molar-refractivity contribution in [3.05, 3.63) is 28.8 Å². The van der Waals surface area contributed by atoms with Gasteiger partial charge < -0.3 is 9.80 Å². The molecule has 0 radical (unpaired) electrons. The molecule has 150 valence electrons. The van der Waals surface area contributed by atoms with Crippen LogP contribution in [0.1, 0.15) is 26.3 Å². The molecule has 3 aliphatic rings. The Hall–Kier alpha value is -2.12. The van der Waals surface area contributed by atoms with Crippen molar-refractivity contribution in [1.82, 2.24) is 15.1 Å². The van der Waals surface area contributed by atoms with Crippen molar-refractivity contribution in [2.24, 2.45) is 5.41 Å². The lowest BCUT2D eigenvalue weighted by Crippen LogP contribution is -2.76. The standard InChI is InChI=1S/C20H25ClN4O3/c1-19(2,3)25-17(27)20(16(26)22-18(25)28)10-12-13(21)6-5-7-14(12)24-9-8-23(4)11-15(20)24/h5-7,15H,8-11H2,1-4H3,(H,22,26,28). The summed E-state index contributed by atoms with van der Waals surface area (Å²) in [6.07, 6.45) is 0.182. The monoisotopic (exact) mass is 404 g/mol. The predicted octanol–water partition coefficient (Wildman–Crippen LogP) is 1.88. The molecule has 8 heteroatoms. The molecule has 0 aliphatic carbocycles. The number of carbonyl (C=O) groups excluding carboxylic acids is 3. The lowest BCUT2D eigenvalue weighted by Gasteiger charge is -2.56. The smallest absolute Gasteiger partial charge is 0.331 e. The van der Waals surface area contributed by atoms with Gasteiger partial charge in [-0.25, -0.2) is 4.79 Å². The lowest BCUT2D eigenvalue weighted by atomic mass is 9.67. The number of nitrogens with one attached hydrogen (secondary N) is 1. The van der Waals surface area contributed by atoms with Gasteiger partial charge in [0.05, 0.1) is 6.04 Å². The third kappa shape index (κ3) is 2.56. The Labute approximate surface area is 169 Å². The van der Waals surface area contributed by atoms with E-state index in [4.69, 9.17) is 11.6 Å². The summed E-state index contributed by atoms with van der Waals surface area (Å²) in [5, 5.41) is 3.00. The van der Waals surface area contributed by atoms with Gasteiger partial charge in [0.2, 0.25) is 11.8 Å². The summed E-state index contributed by atoms with van der Waals surface area (Å²) in [6, 6.07) is 4.63. The second-order valence-corrected chi connectivity index (χ2v) is 9.33. The number of halogens is 1. The third-order valence-electron chi connectivity index (χ3n) is 6.10. The number of hydrogen-bond donors (Lipinski definition) is 1. The molecule has 1 aromatic carbocycles. The van der Waals surface area contributed by atoms with Gasteiger partial charge in [0.25, 0.3) is 0 Å². The molecule has 4 amide bonds. The molecule has 0 aromatic heterocycles. The summed E-state index contributed by atoms with van der Waals surface area (Å²) in [6.45, 7) is 7.43. The molecule has 28 heavy (non-hydrogen) atoms. The van der Waals surface area contributed by atoms with Crippen LogP contribution in [0, 0.1) is 5.41 Å². The van der Waals surface area contributed by atoms with Crippen molar-refractivity contribution in [3.8, 4) is 0 Å². The van der Waals surface area contributed by atoms with Gasteiger partial charge >= 0.3 is 6.03 Å². The number of anilines is 1. The van der Waals surface area contributed by atoms with Gasteiger partial charge in [0, 0.05) is 42.3 Å². The second-order valence-electron chi connectivity index (χ2n) is 8.93. The second kappa shape index (κ2) is 6.19. The number of imide groups is 2. The van der Waals surface area contributed by atoms with E-state index in [1.54, 1.807) is 26.8 Å². The summed E-state index contributed by atoms with van der Waals surface area (Å²) in [4.78, 5) is 45.1. The van der Waals surface area contributed by atoms with Crippen LogP contribution < -0.4 is 10.2 Å². The number of hydrogen-bond acceptors (Lipinski definition) is 5. The van der Waals surface area contributed by atoms with E-state index < -0.39 is 28.8 Å². The molecule has 0 bridgehead atoms. The number of likely N-dealkylation sites (N-methyl/N-ethyl adjacent to an activating group) is 1. The van der Waals surface area contributed by atoms with E-state index in [0.29, 0.717) is 18.1 Å². The Morgan fingerprint density at radius 2 is 1.89 bits per heavy atom. The highest BCUT2D eigenvalue weighted by Gasteiger charge is 2.64. The largest absolute Gasteiger partial charge is 0.364 e. The molecule has 3 heterocycles. The highest BCUT2D eigenvalue weighted by molar-refractivity contribution is 6.32. The van der Waals surface area contributed by atoms with Crippen LogP contribution in [-0.4, -0.2) is 65.9 Å². The first-order chi connectivity index (χ1) is 13.1. The SMILES string of the molecule is CN1CCN2c3cccc(Cl)c3CC3(C(=O)NC(=O)N(C(C)(C)C)C3=O)C2C1. The van der Waals surface area contributed by atoms with Gasteiger partial charge in [0.1, 0.15) is 0 Å². The average Bonchev–Trinajstić information content (AvgIpc) is 2.59. The van der Waals surface area contributed by atoms with Gasteiger partial charge in [-0.15, -0.1) is 0 Å². The maximum Gasteiger partial charge on any atom is 0.331 e. The van der Waals surface area contributed by atoms with Crippen molar-refractivity contribution >= 4 is 35.1 Å². The van der Waals surface area contributed by atoms with Gasteiger partial charge in [-0.05, 0) is 45.5 Å². The Kier molecular flexibility index (Phi) is 4.25. The zero-order chi connectivity index (χ0) is 20.4. The average molecular weight is 405 g/mol. The lowest BCUT2D eigenvalue weighted by molar-refractivity contribution is -0.157. The highest BCUT2D eigenvalue weighted by Crippen LogP contribution is 2.48. The van der Waals surface area contributed by atoms with Crippen LogP contribution in [0.25, 0.3) is 0 Å². The summed E-state index contributed by atoms with van der Waals surface area (Å²) >= 11 is 6.49. The van der Waals surface area contributed by atoms with E-state index >= 15 is 0 Å². The summed E-state index contributed by atoms with van der Waals surface area (Å²) in [7, 11) is 1.98. The molecular weight excluding hydrogens is 380 g/mol. The fraction of sp³-hybridized carbons (Fsp3) is 0.550. The molecule has 2 fully saturated rings. The molecule has 3 aliphatic heterocycles. The molecule has 1 N–H and O–H groups in total. The molecule has 1 aromatic rings. The normalized spacial score (nSPS) is 28.3. The first kappa shape index (κ1) is 19.2. The Morgan fingerprint density at radius 1 is 1.18 bits per heavy atom. The van der Waals surface area contributed by atoms with Crippen LogP contribution in [0.3, 0.4) is 0 Å². The fourth-order valence-electron chi connectivity index (χ4n) is 4.73. The molecule has 7 nitrogen and oxygen atoms in total. The zero-order valence-corrected chi connectivity index (χ0v) is 17.3. The number of amides is 4. The van der Waals surface area contributed by atoms with Crippen molar-refractivity contribution in [2.75, 3.05) is 31.6 Å². The van der Waals surface area contributed by atoms with Crippen molar-refractivity contribution < 1.29 is 14.4 Å². The van der Waals surface area contributed by atoms with E-state index in [0.717, 1.165) is 17.8 Å². The van der Waals surface area contributed by atoms with Crippen LogP contribution >= 0.6 is 11.6 Å². The maximum absolute atomic E-state index is 13.8. The number of fused-ring (bicyclic) bond motifs is 4. The Bertz CT molecular complexity index is 881. The maximum atomic E-state index is 13.8. The third-order valence-corrected chi connectivity index (χ3v) is 6.45. The number of urea groups is 1. The number of benzene rings is 1. The van der Waals surface area contributed by atoms with E-state index in [9.17, 15) is 14.4 Å². The molecule has 2 unspecified atom stereocenters. The van der Waals surface area contributed by atoms with Crippen LogP contribution in [0.4, 0.5) is 10.5 Å². The van der Waals surface area contributed by atoms with Crippen LogP contribution in [0.2, 0.25) is 5.02 Å². The van der Waals surface area contributed by atoms with Crippen molar-refractivity contribution in [2.45, 2.75) is 38.8 Å². The molecule has 4 rings (SSSR count). The summed E-state index contributed by atoms with van der Waals surface area (Å²) < 4.78 is 0. The molecule has 2 atom stereocenters. The molecular formula is C20H25ClN4O3. The van der Waals surface area contributed by atoms with Gasteiger partial charge in [-0.1, -0.05) is 17.7 Å². The van der Waals surface area contributed by atoms with Gasteiger partial charge in [0.15, 0.2) is 5.41 Å². The summed E-state index contributed by atoms with van der Waals surface area (Å²) in [5.74, 6) is -0.969. The van der Waals surface area contributed by atoms with E-state index in [1.165, 1.54) is 4.90 Å². The zero-order valence-electron chi connectivity index (χ0n) is 16.6. The number of nitrogens with zero attached hydrogens (tertiary/aromatic N) is 3. The fourth-order valence-corrected chi connectivity index (χ4v) is 4.97. The van der Waals surface area contributed by atoms with Crippen LogP contribution in [-0.2, 0) is 16.0 Å². The molecule has 2 saturated heterocycles. The number of barbiturate groups is 1. The Morgan fingerprint density at radius 3 is 2.57 bits per heavy atom. The number of rotatable bonds is 0. The molecule has 1 spiro atoms. The van der Waals surface area contributed by atoms with E-state index in [-0.39, 0.29) is 12.5 Å². The van der Waals surface area contributed by atoms with Crippen molar-refractivity contribution in [1.29, 1.82) is 0 Å². The van der Waals surface area contributed by atoms with E-state index in [1.807, 2.05) is 19.2 Å². The molecule has 0 saturated carbocycles. The van der Waals surface area contributed by atoms with Crippen molar-refractivity contribution in [3.63, 3.8) is 0 Å². The van der Waals surface area contributed by atoms with Gasteiger partial charge in [-0.3, -0.25) is 19.8 Å². The first-order valence-corrected chi connectivity index (χ1v) is 9.88.